The minimum absolute atomic E-state index is 0.321. The number of nitrogens with zero attached hydrogens (tertiary/aromatic N) is 2. The highest BCUT2D eigenvalue weighted by Gasteiger charge is 2.46. The van der Waals surface area contributed by atoms with Crippen molar-refractivity contribution in [2.45, 2.75) is 59.1 Å². The van der Waals surface area contributed by atoms with E-state index in [1.807, 2.05) is 12.4 Å². The second-order valence-electron chi connectivity index (χ2n) is 6.20. The van der Waals surface area contributed by atoms with E-state index in [9.17, 15) is 5.11 Å². The SMILES string of the molecule is CCn1ccnc1C1(O)CC(C)CCC1C(C)C. The van der Waals surface area contributed by atoms with E-state index in [4.69, 9.17) is 0 Å². The summed E-state index contributed by atoms with van der Waals surface area (Å²) in [5.41, 5.74) is -0.745. The summed E-state index contributed by atoms with van der Waals surface area (Å²) < 4.78 is 2.09. The van der Waals surface area contributed by atoms with Gasteiger partial charge in [0.25, 0.3) is 0 Å². The molecule has 3 atom stereocenters. The fourth-order valence-electron chi connectivity index (χ4n) is 3.57. The summed E-state index contributed by atoms with van der Waals surface area (Å²) in [5, 5.41) is 11.3. The van der Waals surface area contributed by atoms with Crippen LogP contribution in [0.25, 0.3) is 0 Å². The van der Waals surface area contributed by atoms with Crippen LogP contribution < -0.4 is 0 Å². The van der Waals surface area contributed by atoms with Gasteiger partial charge in [0.2, 0.25) is 0 Å². The maximum Gasteiger partial charge on any atom is 0.141 e. The molecule has 0 spiro atoms. The summed E-state index contributed by atoms with van der Waals surface area (Å²) in [7, 11) is 0. The third-order valence-electron chi connectivity index (χ3n) is 4.49. The van der Waals surface area contributed by atoms with E-state index in [2.05, 4.69) is 37.2 Å². The van der Waals surface area contributed by atoms with Gasteiger partial charge in [0, 0.05) is 18.9 Å². The third kappa shape index (κ3) is 2.20. The first-order valence-corrected chi connectivity index (χ1v) is 7.23. The smallest absolute Gasteiger partial charge is 0.141 e. The van der Waals surface area contributed by atoms with E-state index in [1.165, 1.54) is 6.42 Å². The molecule has 1 aromatic rings. The molecule has 0 bridgehead atoms. The summed E-state index contributed by atoms with van der Waals surface area (Å²) in [6.07, 6.45) is 6.95. The number of rotatable bonds is 3. The number of aryl methyl sites for hydroxylation is 1. The third-order valence-corrected chi connectivity index (χ3v) is 4.49. The Morgan fingerprint density at radius 1 is 1.50 bits per heavy atom. The first kappa shape index (κ1) is 13.6. The van der Waals surface area contributed by atoms with Gasteiger partial charge < -0.3 is 9.67 Å². The van der Waals surface area contributed by atoms with Crippen LogP contribution in [0.3, 0.4) is 0 Å². The molecule has 3 nitrogen and oxygen atoms in total. The Kier molecular flexibility index (Phi) is 3.81. The summed E-state index contributed by atoms with van der Waals surface area (Å²) in [5.74, 6) is 2.26. The van der Waals surface area contributed by atoms with Gasteiger partial charge in [0.1, 0.15) is 11.4 Å². The molecule has 1 fully saturated rings. The van der Waals surface area contributed by atoms with Crippen LogP contribution in [0.2, 0.25) is 0 Å². The Hall–Kier alpha value is -0.830. The molecule has 3 unspecified atom stereocenters. The zero-order valence-electron chi connectivity index (χ0n) is 12.1. The van der Waals surface area contributed by atoms with Crippen LogP contribution in [0.15, 0.2) is 12.4 Å². The molecular formula is C15H26N2O. The molecule has 0 aliphatic heterocycles. The van der Waals surface area contributed by atoms with Crippen molar-refractivity contribution in [2.24, 2.45) is 17.8 Å². The molecule has 1 heterocycles. The second-order valence-corrected chi connectivity index (χ2v) is 6.20. The highest BCUT2D eigenvalue weighted by atomic mass is 16.3. The monoisotopic (exact) mass is 250 g/mol. The minimum Gasteiger partial charge on any atom is -0.382 e. The number of imidazole rings is 1. The van der Waals surface area contributed by atoms with Gasteiger partial charge in [0.05, 0.1) is 0 Å². The van der Waals surface area contributed by atoms with Crippen LogP contribution in [0.4, 0.5) is 0 Å². The van der Waals surface area contributed by atoms with Crippen molar-refractivity contribution in [3.8, 4) is 0 Å². The Morgan fingerprint density at radius 3 is 2.83 bits per heavy atom. The maximum atomic E-state index is 11.3. The molecule has 1 saturated carbocycles. The Balaban J connectivity index is 2.40. The molecule has 0 radical (unpaired) electrons. The quantitative estimate of drug-likeness (QED) is 0.894. The molecule has 3 heteroatoms. The number of aromatic nitrogens is 2. The normalized spacial score (nSPS) is 33.0. The largest absolute Gasteiger partial charge is 0.382 e. The Morgan fingerprint density at radius 2 is 2.22 bits per heavy atom. The van der Waals surface area contributed by atoms with Gasteiger partial charge in [-0.2, -0.15) is 0 Å². The first-order valence-electron chi connectivity index (χ1n) is 7.23. The fraction of sp³-hybridized carbons (Fsp3) is 0.800. The van der Waals surface area contributed by atoms with Crippen molar-refractivity contribution in [3.05, 3.63) is 18.2 Å². The van der Waals surface area contributed by atoms with E-state index in [0.29, 0.717) is 17.8 Å². The van der Waals surface area contributed by atoms with Crippen LogP contribution in [0.5, 0.6) is 0 Å². The van der Waals surface area contributed by atoms with Gasteiger partial charge in [-0.1, -0.05) is 27.2 Å². The lowest BCUT2D eigenvalue weighted by Gasteiger charge is -2.44. The van der Waals surface area contributed by atoms with Crippen molar-refractivity contribution in [3.63, 3.8) is 0 Å². The van der Waals surface area contributed by atoms with E-state index >= 15 is 0 Å². The second kappa shape index (κ2) is 5.04. The molecule has 102 valence electrons. The Bertz CT molecular complexity index is 399. The van der Waals surface area contributed by atoms with Crippen LogP contribution >= 0.6 is 0 Å². The molecule has 1 aromatic heterocycles. The fourth-order valence-corrected chi connectivity index (χ4v) is 3.57. The molecule has 1 aliphatic rings. The first-order chi connectivity index (χ1) is 8.49. The van der Waals surface area contributed by atoms with E-state index in [-0.39, 0.29) is 0 Å². The lowest BCUT2D eigenvalue weighted by molar-refractivity contribution is -0.0951. The van der Waals surface area contributed by atoms with Gasteiger partial charge in [0.15, 0.2) is 0 Å². The minimum atomic E-state index is -0.745. The van der Waals surface area contributed by atoms with Crippen molar-refractivity contribution in [1.82, 2.24) is 9.55 Å². The Labute approximate surface area is 110 Å². The zero-order valence-corrected chi connectivity index (χ0v) is 12.1. The molecule has 0 saturated heterocycles. The van der Waals surface area contributed by atoms with Gasteiger partial charge >= 0.3 is 0 Å². The van der Waals surface area contributed by atoms with Gasteiger partial charge in [-0.05, 0) is 37.5 Å². The standard InChI is InChI=1S/C15H26N2O/c1-5-17-9-8-16-14(17)15(18)10-12(4)6-7-13(15)11(2)3/h8-9,11-13,18H,5-7,10H2,1-4H3. The predicted molar refractivity (Wildman–Crippen MR) is 73.1 cm³/mol. The van der Waals surface area contributed by atoms with Crippen LogP contribution in [0, 0.1) is 17.8 Å². The lowest BCUT2D eigenvalue weighted by Crippen LogP contribution is -2.44. The maximum absolute atomic E-state index is 11.3. The van der Waals surface area contributed by atoms with E-state index in [1.54, 1.807) is 0 Å². The van der Waals surface area contributed by atoms with Gasteiger partial charge in [-0.3, -0.25) is 0 Å². The van der Waals surface area contributed by atoms with E-state index in [0.717, 1.165) is 25.2 Å². The van der Waals surface area contributed by atoms with Crippen molar-refractivity contribution in [2.75, 3.05) is 0 Å². The summed E-state index contributed by atoms with van der Waals surface area (Å²) >= 11 is 0. The molecule has 1 aliphatic carbocycles. The molecule has 18 heavy (non-hydrogen) atoms. The highest BCUT2D eigenvalue weighted by molar-refractivity contribution is 5.10. The lowest BCUT2D eigenvalue weighted by atomic mass is 9.66. The molecule has 1 N–H and O–H groups in total. The molecule has 2 rings (SSSR count). The van der Waals surface area contributed by atoms with Crippen LogP contribution in [-0.2, 0) is 12.1 Å². The number of aliphatic hydroxyl groups is 1. The zero-order chi connectivity index (χ0) is 13.3. The van der Waals surface area contributed by atoms with Gasteiger partial charge in [-0.25, -0.2) is 4.98 Å². The summed E-state index contributed by atoms with van der Waals surface area (Å²) in [4.78, 5) is 4.46. The van der Waals surface area contributed by atoms with Crippen molar-refractivity contribution < 1.29 is 5.11 Å². The highest BCUT2D eigenvalue weighted by Crippen LogP contribution is 2.46. The van der Waals surface area contributed by atoms with Gasteiger partial charge in [-0.15, -0.1) is 0 Å². The van der Waals surface area contributed by atoms with E-state index < -0.39 is 5.60 Å². The van der Waals surface area contributed by atoms with Crippen LogP contribution in [-0.4, -0.2) is 14.7 Å². The average Bonchev–Trinajstić information content (AvgIpc) is 2.76. The molecule has 0 aromatic carbocycles. The average molecular weight is 250 g/mol. The number of hydrogen-bond acceptors (Lipinski definition) is 2. The summed E-state index contributed by atoms with van der Waals surface area (Å²) in [6, 6.07) is 0. The topological polar surface area (TPSA) is 38.0 Å². The molecular weight excluding hydrogens is 224 g/mol. The van der Waals surface area contributed by atoms with Crippen molar-refractivity contribution in [1.29, 1.82) is 0 Å². The van der Waals surface area contributed by atoms with Crippen molar-refractivity contribution >= 4 is 0 Å². The molecule has 0 amide bonds. The number of hydrogen-bond donors (Lipinski definition) is 1. The summed E-state index contributed by atoms with van der Waals surface area (Å²) in [6.45, 7) is 9.64. The van der Waals surface area contributed by atoms with Crippen LogP contribution in [0.1, 0.15) is 52.8 Å². The predicted octanol–water partition coefficient (Wildman–Crippen LogP) is 3.18.